The number of alkyl halides is 2. The van der Waals surface area contributed by atoms with E-state index in [0.717, 1.165) is 0 Å². The van der Waals surface area contributed by atoms with Gasteiger partial charge in [0, 0.05) is 12.1 Å². The number of nitrogens with zero attached hydrogens (tertiary/aromatic N) is 5. The molecule has 0 aromatic carbocycles. The maximum Gasteiger partial charge on any atom is 0.264 e. The predicted octanol–water partition coefficient (Wildman–Crippen LogP) is 4.12. The van der Waals surface area contributed by atoms with Gasteiger partial charge in [0.1, 0.15) is 12.2 Å². The van der Waals surface area contributed by atoms with Gasteiger partial charge in [0.05, 0.1) is 40.8 Å². The van der Waals surface area contributed by atoms with E-state index in [-0.39, 0.29) is 41.3 Å². The Labute approximate surface area is 180 Å². The Morgan fingerprint density at radius 3 is 2.84 bits per heavy atom. The summed E-state index contributed by atoms with van der Waals surface area (Å²) in [6.45, 7) is 4.11. The Morgan fingerprint density at radius 2 is 2.16 bits per heavy atom. The number of hydrogen-bond acceptors (Lipinski definition) is 5. The van der Waals surface area contributed by atoms with Crippen LogP contribution in [0.4, 0.5) is 8.78 Å². The van der Waals surface area contributed by atoms with Crippen LogP contribution >= 0.6 is 11.6 Å². The molecule has 4 aromatic heterocycles. The van der Waals surface area contributed by atoms with Gasteiger partial charge in [-0.25, -0.2) is 18.4 Å². The topological polar surface area (TPSA) is 90.8 Å². The van der Waals surface area contributed by atoms with E-state index < -0.39 is 6.43 Å². The van der Waals surface area contributed by atoms with Gasteiger partial charge in [0.15, 0.2) is 11.4 Å². The van der Waals surface area contributed by atoms with E-state index in [4.69, 9.17) is 16.0 Å². The molecule has 4 rings (SSSR count). The predicted molar refractivity (Wildman–Crippen MR) is 110 cm³/mol. The lowest BCUT2D eigenvalue weighted by Gasteiger charge is -2.09. The molecule has 0 radical (unpaired) electrons. The molecule has 0 bridgehead atoms. The average molecular weight is 449 g/mol. The number of fused-ring (bicyclic) bond motifs is 1. The van der Waals surface area contributed by atoms with E-state index in [0.29, 0.717) is 28.7 Å². The molecule has 0 saturated heterocycles. The summed E-state index contributed by atoms with van der Waals surface area (Å²) in [5.74, 6) is -0.0192. The Kier molecular flexibility index (Phi) is 5.73. The van der Waals surface area contributed by atoms with Gasteiger partial charge in [-0.05, 0) is 32.0 Å². The van der Waals surface area contributed by atoms with Crippen molar-refractivity contribution in [2.75, 3.05) is 0 Å². The molecule has 0 saturated carbocycles. The zero-order valence-corrected chi connectivity index (χ0v) is 17.5. The fourth-order valence-electron chi connectivity index (χ4n) is 3.43. The van der Waals surface area contributed by atoms with Gasteiger partial charge in [0.25, 0.3) is 6.43 Å². The summed E-state index contributed by atoms with van der Waals surface area (Å²) < 4.78 is 35.8. The van der Waals surface area contributed by atoms with Gasteiger partial charge >= 0.3 is 0 Å². The molecule has 0 atom stereocenters. The van der Waals surface area contributed by atoms with Crippen molar-refractivity contribution in [2.45, 2.75) is 39.9 Å². The molecule has 1 amide bonds. The van der Waals surface area contributed by atoms with Crippen molar-refractivity contribution in [3.05, 3.63) is 52.6 Å². The fourth-order valence-corrected chi connectivity index (χ4v) is 3.64. The quantitative estimate of drug-likeness (QED) is 0.459. The monoisotopic (exact) mass is 448 g/mol. The molecule has 162 valence electrons. The molecule has 0 unspecified atom stereocenters. The second kappa shape index (κ2) is 8.46. The molecule has 1 N–H and O–H groups in total. The van der Waals surface area contributed by atoms with Gasteiger partial charge in [0.2, 0.25) is 5.91 Å². The normalized spacial score (nSPS) is 11.5. The van der Waals surface area contributed by atoms with E-state index in [2.05, 4.69) is 20.5 Å². The Balaban J connectivity index is 1.64. The highest BCUT2D eigenvalue weighted by Gasteiger charge is 2.22. The molecule has 0 fully saturated rings. The number of aryl methyl sites for hydroxylation is 2. The Hall–Kier alpha value is -3.27. The minimum Gasteiger partial charge on any atom is -0.463 e. The van der Waals surface area contributed by atoms with Crippen LogP contribution in [0.5, 0.6) is 0 Å². The molecule has 0 spiro atoms. The van der Waals surface area contributed by atoms with Crippen molar-refractivity contribution in [1.29, 1.82) is 0 Å². The standard InChI is InChI=1S/C20H19ClF2N6O2/c1-3-28-15(13(21)8-25-28)9-24-17(30)10-29-20-18(11(2)27-29)12(19(22)23)7-14(26-20)16-5-4-6-31-16/h4-8,19H,3,9-10H2,1-2H3,(H,24,30). The molecule has 4 aromatic rings. The third kappa shape index (κ3) is 4.02. The number of aromatic nitrogens is 5. The molecular weight excluding hydrogens is 430 g/mol. The number of carbonyl (C=O) groups is 1. The van der Waals surface area contributed by atoms with Crippen LogP contribution in [0.25, 0.3) is 22.5 Å². The average Bonchev–Trinajstić information content (AvgIpc) is 3.46. The summed E-state index contributed by atoms with van der Waals surface area (Å²) >= 11 is 6.12. The first kappa shape index (κ1) is 21.0. The number of halogens is 3. The minimum atomic E-state index is -2.74. The van der Waals surface area contributed by atoms with Crippen LogP contribution in [0.3, 0.4) is 0 Å². The summed E-state index contributed by atoms with van der Waals surface area (Å²) in [7, 11) is 0. The van der Waals surface area contributed by atoms with Crippen molar-refractivity contribution in [3.8, 4) is 11.5 Å². The summed E-state index contributed by atoms with van der Waals surface area (Å²) in [4.78, 5) is 17.0. The number of amides is 1. The molecule has 11 heteroatoms. The number of pyridine rings is 1. The second-order valence-electron chi connectivity index (χ2n) is 6.85. The maximum atomic E-state index is 13.8. The maximum absolute atomic E-state index is 13.8. The summed E-state index contributed by atoms with van der Waals surface area (Å²) in [5, 5.41) is 11.8. The third-order valence-electron chi connectivity index (χ3n) is 4.86. The largest absolute Gasteiger partial charge is 0.463 e. The van der Waals surface area contributed by atoms with Gasteiger partial charge in [-0.1, -0.05) is 11.6 Å². The number of hydrogen-bond donors (Lipinski definition) is 1. The molecule has 0 aliphatic heterocycles. The van der Waals surface area contributed by atoms with E-state index in [9.17, 15) is 13.6 Å². The van der Waals surface area contributed by atoms with Gasteiger partial charge in [-0.2, -0.15) is 10.2 Å². The van der Waals surface area contributed by atoms with Crippen LogP contribution in [-0.4, -0.2) is 30.5 Å². The molecular formula is C20H19ClF2N6O2. The number of carbonyl (C=O) groups excluding carboxylic acids is 1. The van der Waals surface area contributed by atoms with Crippen molar-refractivity contribution in [3.63, 3.8) is 0 Å². The lowest BCUT2D eigenvalue weighted by atomic mass is 10.1. The van der Waals surface area contributed by atoms with Crippen LogP contribution in [-0.2, 0) is 24.4 Å². The second-order valence-corrected chi connectivity index (χ2v) is 7.26. The van der Waals surface area contributed by atoms with E-state index in [1.54, 1.807) is 23.7 Å². The molecule has 8 nitrogen and oxygen atoms in total. The van der Waals surface area contributed by atoms with Crippen LogP contribution in [0.15, 0.2) is 35.1 Å². The van der Waals surface area contributed by atoms with E-state index in [1.165, 1.54) is 23.2 Å². The van der Waals surface area contributed by atoms with Gasteiger partial charge in [-0.15, -0.1) is 0 Å². The van der Waals surface area contributed by atoms with Crippen molar-refractivity contribution in [1.82, 2.24) is 29.9 Å². The highest BCUT2D eigenvalue weighted by Crippen LogP contribution is 2.33. The first-order valence-electron chi connectivity index (χ1n) is 9.56. The van der Waals surface area contributed by atoms with Crippen LogP contribution in [0.2, 0.25) is 5.02 Å². The Bertz CT molecular complexity index is 1230. The molecule has 0 aliphatic carbocycles. The number of nitrogens with one attached hydrogen (secondary N) is 1. The fraction of sp³-hybridized carbons (Fsp3) is 0.300. The minimum absolute atomic E-state index is 0.178. The SMILES string of the molecule is CCn1ncc(Cl)c1CNC(=O)Cn1nc(C)c2c(C(F)F)cc(-c3ccco3)nc21. The van der Waals surface area contributed by atoms with Crippen LogP contribution in [0, 0.1) is 6.92 Å². The Morgan fingerprint density at radius 1 is 1.35 bits per heavy atom. The highest BCUT2D eigenvalue weighted by atomic mass is 35.5. The van der Waals surface area contributed by atoms with Gasteiger partial charge < -0.3 is 9.73 Å². The molecule has 0 aliphatic rings. The number of furan rings is 1. The number of rotatable bonds is 7. The molecule has 31 heavy (non-hydrogen) atoms. The first-order valence-corrected chi connectivity index (χ1v) is 9.93. The van der Waals surface area contributed by atoms with Crippen molar-refractivity contribution >= 4 is 28.5 Å². The van der Waals surface area contributed by atoms with Crippen molar-refractivity contribution in [2.24, 2.45) is 0 Å². The van der Waals surface area contributed by atoms with E-state index >= 15 is 0 Å². The zero-order valence-electron chi connectivity index (χ0n) is 16.8. The zero-order chi connectivity index (χ0) is 22.1. The lowest BCUT2D eigenvalue weighted by molar-refractivity contribution is -0.122. The summed E-state index contributed by atoms with van der Waals surface area (Å²) in [5.41, 5.74) is 1.27. The first-order chi connectivity index (χ1) is 14.9. The van der Waals surface area contributed by atoms with Crippen molar-refractivity contribution < 1.29 is 18.0 Å². The lowest BCUT2D eigenvalue weighted by Crippen LogP contribution is -2.28. The smallest absolute Gasteiger partial charge is 0.264 e. The van der Waals surface area contributed by atoms with Crippen LogP contribution < -0.4 is 5.32 Å². The summed E-state index contributed by atoms with van der Waals surface area (Å²) in [6.07, 6.45) is 0.217. The summed E-state index contributed by atoms with van der Waals surface area (Å²) in [6, 6.07) is 4.56. The van der Waals surface area contributed by atoms with Crippen LogP contribution in [0.1, 0.15) is 30.3 Å². The third-order valence-corrected chi connectivity index (χ3v) is 5.18. The van der Waals surface area contributed by atoms with Gasteiger partial charge in [-0.3, -0.25) is 9.48 Å². The highest BCUT2D eigenvalue weighted by molar-refractivity contribution is 6.31. The van der Waals surface area contributed by atoms with E-state index in [1.807, 2.05) is 6.92 Å². The molecule has 4 heterocycles.